The molecule has 1 aliphatic heterocycles. The van der Waals surface area contributed by atoms with Crippen molar-refractivity contribution in [1.29, 1.82) is 0 Å². The van der Waals surface area contributed by atoms with Gasteiger partial charge in [-0.25, -0.2) is 4.79 Å². The first kappa shape index (κ1) is 14.8. The van der Waals surface area contributed by atoms with Crippen LogP contribution in [0.1, 0.15) is 47.0 Å². The summed E-state index contributed by atoms with van der Waals surface area (Å²) in [5, 5.41) is 9.26. The van der Waals surface area contributed by atoms with Crippen molar-refractivity contribution < 1.29 is 14.7 Å². The van der Waals surface area contributed by atoms with E-state index in [0.717, 1.165) is 25.9 Å². The van der Waals surface area contributed by atoms with Crippen molar-refractivity contribution in [3.05, 3.63) is 0 Å². The summed E-state index contributed by atoms with van der Waals surface area (Å²) >= 11 is 0. The lowest BCUT2D eigenvalue weighted by Crippen LogP contribution is -2.51. The number of hydrogen-bond donors (Lipinski definition) is 1. The summed E-state index contributed by atoms with van der Waals surface area (Å²) in [7, 11) is 0. The van der Waals surface area contributed by atoms with Crippen LogP contribution in [-0.4, -0.2) is 51.6 Å². The van der Waals surface area contributed by atoms with E-state index >= 15 is 0 Å². The summed E-state index contributed by atoms with van der Waals surface area (Å²) in [4.78, 5) is 26.5. The molecule has 1 heterocycles. The fraction of sp³-hybridized carbons (Fsp3) is 0.846. The predicted octanol–water partition coefficient (Wildman–Crippen LogP) is 2.17. The Morgan fingerprint density at radius 3 is 2.17 bits per heavy atom. The molecule has 1 unspecified atom stereocenters. The maximum absolute atomic E-state index is 12.0. The third kappa shape index (κ3) is 3.62. The van der Waals surface area contributed by atoms with Crippen molar-refractivity contribution in [2.45, 2.75) is 58.5 Å². The molecule has 1 N–H and O–H groups in total. The number of carbonyl (C=O) groups excluding carboxylic acids is 1. The van der Waals surface area contributed by atoms with Crippen LogP contribution in [0.4, 0.5) is 4.79 Å². The fourth-order valence-electron chi connectivity index (χ4n) is 2.58. The summed E-state index contributed by atoms with van der Waals surface area (Å²) in [6.45, 7) is 8.96. The van der Waals surface area contributed by atoms with Gasteiger partial charge >= 0.3 is 6.09 Å². The van der Waals surface area contributed by atoms with Gasteiger partial charge in [0.15, 0.2) is 0 Å². The average Bonchev–Trinajstić information content (AvgIpc) is 2.65. The summed E-state index contributed by atoms with van der Waals surface area (Å²) in [5.74, 6) is 0.0653. The van der Waals surface area contributed by atoms with Gasteiger partial charge in [-0.2, -0.15) is 0 Å². The normalized spacial score (nSPS) is 17.7. The van der Waals surface area contributed by atoms with Gasteiger partial charge in [-0.15, -0.1) is 0 Å². The highest BCUT2D eigenvalue weighted by atomic mass is 16.4. The van der Waals surface area contributed by atoms with E-state index in [4.69, 9.17) is 0 Å². The second kappa shape index (κ2) is 5.59. The number of carbonyl (C=O) groups is 2. The van der Waals surface area contributed by atoms with Crippen LogP contribution >= 0.6 is 0 Å². The molecule has 104 valence electrons. The molecule has 1 atom stereocenters. The van der Waals surface area contributed by atoms with Gasteiger partial charge in [-0.05, 0) is 40.5 Å². The topological polar surface area (TPSA) is 60.9 Å². The van der Waals surface area contributed by atoms with Crippen molar-refractivity contribution >= 4 is 12.0 Å². The first-order chi connectivity index (χ1) is 8.23. The first-order valence-electron chi connectivity index (χ1n) is 6.53. The van der Waals surface area contributed by atoms with Crippen LogP contribution in [0.3, 0.4) is 0 Å². The molecule has 0 aromatic carbocycles. The minimum absolute atomic E-state index is 0.0653. The Labute approximate surface area is 109 Å². The Hall–Kier alpha value is -1.26. The minimum Gasteiger partial charge on any atom is -0.465 e. The molecule has 0 radical (unpaired) electrons. The van der Waals surface area contributed by atoms with Crippen molar-refractivity contribution in [3.63, 3.8) is 0 Å². The predicted molar refractivity (Wildman–Crippen MR) is 69.5 cm³/mol. The molecule has 1 rings (SSSR count). The number of rotatable bonds is 3. The maximum Gasteiger partial charge on any atom is 0.407 e. The molecule has 0 aromatic rings. The molecule has 18 heavy (non-hydrogen) atoms. The number of amides is 2. The van der Waals surface area contributed by atoms with Crippen molar-refractivity contribution in [3.8, 4) is 0 Å². The second-order valence-electron chi connectivity index (χ2n) is 5.96. The molecule has 0 aromatic heterocycles. The highest BCUT2D eigenvalue weighted by Crippen LogP contribution is 2.20. The van der Waals surface area contributed by atoms with E-state index in [0.29, 0.717) is 0 Å². The highest BCUT2D eigenvalue weighted by molar-refractivity contribution is 5.78. The molecular weight excluding hydrogens is 232 g/mol. The van der Waals surface area contributed by atoms with Crippen LogP contribution in [0.2, 0.25) is 0 Å². The minimum atomic E-state index is -0.968. The van der Waals surface area contributed by atoms with Gasteiger partial charge in [-0.3, -0.25) is 4.79 Å². The van der Waals surface area contributed by atoms with Crippen LogP contribution in [0, 0.1) is 0 Å². The third-order valence-corrected chi connectivity index (χ3v) is 3.30. The van der Waals surface area contributed by atoms with Gasteiger partial charge in [0.05, 0.1) is 0 Å². The Bertz CT molecular complexity index is 317. The summed E-state index contributed by atoms with van der Waals surface area (Å²) in [5.41, 5.74) is -0.490. The molecule has 1 saturated heterocycles. The van der Waals surface area contributed by atoms with E-state index in [-0.39, 0.29) is 18.4 Å². The number of hydrogen-bond acceptors (Lipinski definition) is 2. The van der Waals surface area contributed by atoms with Crippen molar-refractivity contribution in [2.75, 3.05) is 13.1 Å². The molecule has 0 aliphatic carbocycles. The van der Waals surface area contributed by atoms with Gasteiger partial charge in [0, 0.05) is 31.1 Å². The summed E-state index contributed by atoms with van der Waals surface area (Å²) in [6, 6.07) is -0.296. The Morgan fingerprint density at radius 1 is 1.28 bits per heavy atom. The van der Waals surface area contributed by atoms with E-state index in [9.17, 15) is 14.7 Å². The lowest BCUT2D eigenvalue weighted by molar-refractivity contribution is -0.131. The monoisotopic (exact) mass is 256 g/mol. The van der Waals surface area contributed by atoms with E-state index in [2.05, 4.69) is 0 Å². The fourth-order valence-corrected chi connectivity index (χ4v) is 2.58. The van der Waals surface area contributed by atoms with Crippen LogP contribution in [0.5, 0.6) is 0 Å². The maximum atomic E-state index is 12.0. The standard InChI is InChI=1S/C13H24N2O3/c1-10(15(12(17)18)13(2,3)4)9-11(16)14-7-5-6-8-14/h10H,5-9H2,1-4H3,(H,17,18). The molecule has 5 heteroatoms. The highest BCUT2D eigenvalue weighted by Gasteiger charge is 2.32. The largest absolute Gasteiger partial charge is 0.465 e. The smallest absolute Gasteiger partial charge is 0.407 e. The van der Waals surface area contributed by atoms with E-state index in [1.165, 1.54) is 4.90 Å². The van der Waals surface area contributed by atoms with Gasteiger partial charge in [0.1, 0.15) is 0 Å². The third-order valence-electron chi connectivity index (χ3n) is 3.30. The quantitative estimate of drug-likeness (QED) is 0.841. The Morgan fingerprint density at radius 2 is 1.78 bits per heavy atom. The summed E-state index contributed by atoms with van der Waals surface area (Å²) < 4.78 is 0. The van der Waals surface area contributed by atoms with Gasteiger partial charge in [0.25, 0.3) is 0 Å². The Kier molecular flexibility index (Phi) is 4.59. The second-order valence-corrected chi connectivity index (χ2v) is 5.96. The summed E-state index contributed by atoms with van der Waals surface area (Å²) in [6.07, 6.45) is 1.41. The molecular formula is C13H24N2O3. The van der Waals surface area contributed by atoms with E-state index in [1.54, 1.807) is 6.92 Å². The molecule has 1 aliphatic rings. The molecule has 2 amide bonds. The lowest BCUT2D eigenvalue weighted by Gasteiger charge is -2.38. The molecule has 0 bridgehead atoms. The van der Waals surface area contributed by atoms with Gasteiger partial charge < -0.3 is 14.9 Å². The lowest BCUT2D eigenvalue weighted by atomic mass is 10.0. The van der Waals surface area contributed by atoms with Crippen LogP contribution in [0.15, 0.2) is 0 Å². The molecule has 0 saturated carbocycles. The van der Waals surface area contributed by atoms with Crippen molar-refractivity contribution in [2.24, 2.45) is 0 Å². The van der Waals surface area contributed by atoms with Crippen LogP contribution < -0.4 is 0 Å². The zero-order chi connectivity index (χ0) is 13.9. The zero-order valence-electron chi connectivity index (χ0n) is 11.8. The van der Waals surface area contributed by atoms with Crippen LogP contribution in [-0.2, 0) is 4.79 Å². The van der Waals surface area contributed by atoms with E-state index < -0.39 is 11.6 Å². The Balaban J connectivity index is 2.64. The van der Waals surface area contributed by atoms with Crippen LogP contribution in [0.25, 0.3) is 0 Å². The van der Waals surface area contributed by atoms with Crippen molar-refractivity contribution in [1.82, 2.24) is 9.80 Å². The number of nitrogens with zero attached hydrogens (tertiary/aromatic N) is 2. The van der Waals surface area contributed by atoms with E-state index in [1.807, 2.05) is 25.7 Å². The molecule has 0 spiro atoms. The first-order valence-corrected chi connectivity index (χ1v) is 6.53. The number of carboxylic acid groups (broad SMARTS) is 1. The van der Waals surface area contributed by atoms with Gasteiger partial charge in [0.2, 0.25) is 5.91 Å². The average molecular weight is 256 g/mol. The number of likely N-dealkylation sites (tertiary alicyclic amines) is 1. The van der Waals surface area contributed by atoms with Gasteiger partial charge in [-0.1, -0.05) is 0 Å². The SMILES string of the molecule is CC(CC(=O)N1CCCC1)N(C(=O)O)C(C)(C)C. The molecule has 5 nitrogen and oxygen atoms in total. The zero-order valence-corrected chi connectivity index (χ0v) is 11.8. The molecule has 1 fully saturated rings.